The smallest absolute Gasteiger partial charge is 0.137 e. The normalized spacial score (nSPS) is 9.71. The van der Waals surface area contributed by atoms with Crippen LogP contribution in [0.3, 0.4) is 0 Å². The number of aromatic nitrogens is 1. The molecule has 0 bridgehead atoms. The van der Waals surface area contributed by atoms with Gasteiger partial charge >= 0.3 is 0 Å². The quantitative estimate of drug-likeness (QED) is 0.814. The van der Waals surface area contributed by atoms with Gasteiger partial charge in [0.25, 0.3) is 0 Å². The van der Waals surface area contributed by atoms with Crippen LogP contribution in [0.25, 0.3) is 11.3 Å². The summed E-state index contributed by atoms with van der Waals surface area (Å²) in [7, 11) is 1.57. The molecule has 0 fully saturated rings. The Morgan fingerprint density at radius 3 is 2.65 bits per heavy atom. The first-order valence-electron chi connectivity index (χ1n) is 4.94. The van der Waals surface area contributed by atoms with Gasteiger partial charge in [-0.05, 0) is 30.3 Å². The van der Waals surface area contributed by atoms with Crippen molar-refractivity contribution in [3.63, 3.8) is 0 Å². The van der Waals surface area contributed by atoms with Gasteiger partial charge in [0.1, 0.15) is 11.8 Å². The van der Waals surface area contributed by atoms with E-state index < -0.39 is 0 Å². The van der Waals surface area contributed by atoms with Crippen molar-refractivity contribution in [2.45, 2.75) is 0 Å². The Bertz CT molecular complexity index is 573. The molecule has 0 unspecified atom stereocenters. The van der Waals surface area contributed by atoms with Crippen LogP contribution in [0.1, 0.15) is 5.56 Å². The minimum atomic E-state index is 0.536. The Morgan fingerprint density at radius 2 is 2.12 bits per heavy atom. The molecule has 0 aliphatic carbocycles. The van der Waals surface area contributed by atoms with Crippen molar-refractivity contribution in [1.29, 1.82) is 5.26 Å². The summed E-state index contributed by atoms with van der Waals surface area (Å²) in [5.41, 5.74) is 2.20. The number of hydrogen-bond donors (Lipinski definition) is 0. The molecule has 0 atom stereocenters. The monoisotopic (exact) mass is 244 g/mol. The lowest BCUT2D eigenvalue weighted by Crippen LogP contribution is -1.87. The van der Waals surface area contributed by atoms with E-state index in [4.69, 9.17) is 21.6 Å². The maximum absolute atomic E-state index is 8.68. The van der Waals surface area contributed by atoms with Crippen LogP contribution >= 0.6 is 11.6 Å². The molecule has 2 rings (SSSR count). The molecule has 1 heterocycles. The third-order valence-electron chi connectivity index (χ3n) is 2.34. The molecule has 0 aliphatic heterocycles. The first-order valence-corrected chi connectivity index (χ1v) is 5.32. The number of rotatable bonds is 2. The molecule has 17 heavy (non-hydrogen) atoms. The zero-order valence-electron chi connectivity index (χ0n) is 9.14. The van der Waals surface area contributed by atoms with E-state index in [0.29, 0.717) is 16.3 Å². The molecule has 3 nitrogen and oxygen atoms in total. The summed E-state index contributed by atoms with van der Waals surface area (Å²) in [5.74, 6) is 0.629. The Balaban J connectivity index is 2.40. The highest BCUT2D eigenvalue weighted by molar-refractivity contribution is 6.32. The van der Waals surface area contributed by atoms with Gasteiger partial charge in [0.2, 0.25) is 0 Å². The van der Waals surface area contributed by atoms with E-state index in [1.807, 2.05) is 12.1 Å². The van der Waals surface area contributed by atoms with E-state index in [0.717, 1.165) is 11.3 Å². The number of nitriles is 1. The zero-order valence-corrected chi connectivity index (χ0v) is 9.90. The van der Waals surface area contributed by atoms with E-state index in [-0.39, 0.29) is 0 Å². The summed E-state index contributed by atoms with van der Waals surface area (Å²) in [6.07, 6.45) is 1.54. The van der Waals surface area contributed by atoms with Gasteiger partial charge in [-0.15, -0.1) is 0 Å². The highest BCUT2D eigenvalue weighted by Gasteiger charge is 2.04. The average Bonchev–Trinajstić information content (AvgIpc) is 2.39. The molecule has 0 amide bonds. The second-order valence-electron chi connectivity index (χ2n) is 3.39. The second kappa shape index (κ2) is 4.86. The van der Waals surface area contributed by atoms with Crippen LogP contribution in [0.2, 0.25) is 5.02 Å². The van der Waals surface area contributed by atoms with Crippen LogP contribution in [0.15, 0.2) is 36.5 Å². The van der Waals surface area contributed by atoms with Crippen molar-refractivity contribution >= 4 is 11.6 Å². The third-order valence-corrected chi connectivity index (χ3v) is 2.64. The summed E-state index contributed by atoms with van der Waals surface area (Å²) >= 11 is 6.03. The molecule has 0 saturated carbocycles. The van der Waals surface area contributed by atoms with Crippen LogP contribution in [0.4, 0.5) is 0 Å². The molecular weight excluding hydrogens is 236 g/mol. The Kier molecular flexibility index (Phi) is 3.27. The topological polar surface area (TPSA) is 45.9 Å². The molecular formula is C13H9ClN2O. The molecule has 0 spiro atoms. The van der Waals surface area contributed by atoms with E-state index >= 15 is 0 Å². The number of ether oxygens (including phenoxy) is 1. The van der Waals surface area contributed by atoms with Gasteiger partial charge in [-0.3, -0.25) is 4.98 Å². The standard InChI is InChI=1S/C13H9ClN2O/c1-17-13-5-3-10(6-11(13)14)12-4-2-9(7-15)8-16-12/h2-6,8H,1H3. The summed E-state index contributed by atoms with van der Waals surface area (Å²) in [5, 5.41) is 9.22. The lowest BCUT2D eigenvalue weighted by molar-refractivity contribution is 0.415. The predicted octanol–water partition coefficient (Wildman–Crippen LogP) is 3.28. The molecule has 0 radical (unpaired) electrons. The van der Waals surface area contributed by atoms with Gasteiger partial charge in [0.15, 0.2) is 0 Å². The minimum absolute atomic E-state index is 0.536. The summed E-state index contributed by atoms with van der Waals surface area (Å²) < 4.78 is 5.08. The number of methoxy groups -OCH3 is 1. The van der Waals surface area contributed by atoms with Crippen molar-refractivity contribution in [3.8, 4) is 23.1 Å². The van der Waals surface area contributed by atoms with E-state index in [1.54, 1.807) is 31.4 Å². The minimum Gasteiger partial charge on any atom is -0.495 e. The van der Waals surface area contributed by atoms with Crippen molar-refractivity contribution in [3.05, 3.63) is 47.1 Å². The number of pyridine rings is 1. The SMILES string of the molecule is COc1ccc(-c2ccc(C#N)cn2)cc1Cl. The first-order chi connectivity index (χ1) is 8.24. The largest absolute Gasteiger partial charge is 0.495 e. The summed E-state index contributed by atoms with van der Waals surface area (Å²) in [4.78, 5) is 4.19. The summed E-state index contributed by atoms with van der Waals surface area (Å²) in [6, 6.07) is 11.0. The van der Waals surface area contributed by atoms with Gasteiger partial charge < -0.3 is 4.74 Å². The van der Waals surface area contributed by atoms with Crippen LogP contribution in [-0.4, -0.2) is 12.1 Å². The fourth-order valence-corrected chi connectivity index (χ4v) is 1.71. The highest BCUT2D eigenvalue weighted by Crippen LogP contribution is 2.29. The van der Waals surface area contributed by atoms with Crippen molar-refractivity contribution in [1.82, 2.24) is 4.98 Å². The fourth-order valence-electron chi connectivity index (χ4n) is 1.46. The molecule has 1 aromatic heterocycles. The number of halogens is 1. The molecule has 1 aromatic carbocycles. The second-order valence-corrected chi connectivity index (χ2v) is 3.80. The van der Waals surface area contributed by atoms with E-state index in [1.165, 1.54) is 6.20 Å². The van der Waals surface area contributed by atoms with Gasteiger partial charge in [0.05, 0.1) is 23.4 Å². The molecule has 0 aliphatic rings. The number of benzene rings is 1. The van der Waals surface area contributed by atoms with Gasteiger partial charge in [0, 0.05) is 11.8 Å². The molecule has 0 N–H and O–H groups in total. The lowest BCUT2D eigenvalue weighted by Gasteiger charge is -2.05. The third kappa shape index (κ3) is 2.38. The molecule has 4 heteroatoms. The zero-order chi connectivity index (χ0) is 12.3. The van der Waals surface area contributed by atoms with E-state index in [9.17, 15) is 0 Å². The maximum Gasteiger partial charge on any atom is 0.137 e. The number of hydrogen-bond acceptors (Lipinski definition) is 3. The lowest BCUT2D eigenvalue weighted by atomic mass is 10.1. The Hall–Kier alpha value is -2.05. The molecule has 84 valence electrons. The maximum atomic E-state index is 8.68. The Morgan fingerprint density at radius 1 is 1.29 bits per heavy atom. The summed E-state index contributed by atoms with van der Waals surface area (Å²) in [6.45, 7) is 0. The fraction of sp³-hybridized carbons (Fsp3) is 0.0769. The van der Waals surface area contributed by atoms with Gasteiger partial charge in [-0.2, -0.15) is 5.26 Å². The van der Waals surface area contributed by atoms with Crippen LogP contribution in [0.5, 0.6) is 5.75 Å². The van der Waals surface area contributed by atoms with E-state index in [2.05, 4.69) is 4.98 Å². The molecule has 0 saturated heterocycles. The van der Waals surface area contributed by atoms with Crippen LogP contribution in [0, 0.1) is 11.3 Å². The average molecular weight is 245 g/mol. The van der Waals surface area contributed by atoms with Crippen LogP contribution < -0.4 is 4.74 Å². The highest BCUT2D eigenvalue weighted by atomic mass is 35.5. The van der Waals surface area contributed by atoms with Crippen molar-refractivity contribution in [2.75, 3.05) is 7.11 Å². The Labute approximate surface area is 104 Å². The first kappa shape index (κ1) is 11.4. The van der Waals surface area contributed by atoms with Crippen molar-refractivity contribution < 1.29 is 4.74 Å². The number of nitrogens with zero attached hydrogens (tertiary/aromatic N) is 2. The van der Waals surface area contributed by atoms with Gasteiger partial charge in [-0.25, -0.2) is 0 Å². The van der Waals surface area contributed by atoms with Crippen LogP contribution in [-0.2, 0) is 0 Å². The van der Waals surface area contributed by atoms with Crippen molar-refractivity contribution in [2.24, 2.45) is 0 Å². The molecule has 2 aromatic rings. The van der Waals surface area contributed by atoms with Gasteiger partial charge in [-0.1, -0.05) is 11.6 Å². The predicted molar refractivity (Wildman–Crippen MR) is 66.0 cm³/mol.